The van der Waals surface area contributed by atoms with E-state index in [0.29, 0.717) is 10.4 Å². The normalized spacial score (nSPS) is 23.0. The molecular weight excluding hydrogens is 487 g/mol. The Kier molecular flexibility index (Phi) is 6.81. The molecular formula is C22H14B4ClF2N3O4. The Hall–Kier alpha value is -3.07. The first-order valence-electron chi connectivity index (χ1n) is 10.6. The number of piperidine rings is 1. The maximum atomic E-state index is 14.6. The van der Waals surface area contributed by atoms with Gasteiger partial charge < -0.3 is 15.0 Å². The van der Waals surface area contributed by atoms with Gasteiger partial charge in [-0.15, -0.1) is 0 Å². The Bertz CT molecular complexity index is 1270. The number of rotatable bonds is 5. The Morgan fingerprint density at radius 2 is 1.72 bits per heavy atom. The summed E-state index contributed by atoms with van der Waals surface area (Å²) >= 11 is 5.71. The summed E-state index contributed by atoms with van der Waals surface area (Å²) in [6.07, 6.45) is 0. The lowest BCUT2D eigenvalue weighted by molar-refractivity contribution is -0.147. The van der Waals surface area contributed by atoms with Gasteiger partial charge in [0.1, 0.15) is 13.9 Å². The molecule has 174 valence electrons. The van der Waals surface area contributed by atoms with Crippen LogP contribution in [0.4, 0.5) is 8.78 Å². The van der Waals surface area contributed by atoms with Crippen LogP contribution in [-0.4, -0.2) is 70.9 Å². The quantitative estimate of drug-likeness (QED) is 0.492. The van der Waals surface area contributed by atoms with Crippen molar-refractivity contribution < 1.29 is 28.0 Å². The van der Waals surface area contributed by atoms with Gasteiger partial charge in [0.2, 0.25) is 19.8 Å². The summed E-state index contributed by atoms with van der Waals surface area (Å²) in [4.78, 5) is 51.3. The average Bonchev–Trinajstić information content (AvgIpc) is 3.17. The molecule has 8 radical (unpaired) electrons. The van der Waals surface area contributed by atoms with Crippen LogP contribution in [0.5, 0.6) is 0 Å². The summed E-state index contributed by atoms with van der Waals surface area (Å²) in [5.41, 5.74) is 0.277. The largest absolute Gasteiger partial charge is 0.352 e. The molecule has 14 heteroatoms. The minimum atomic E-state index is -3.88. The first-order valence-corrected chi connectivity index (χ1v) is 11.0. The number of nitrogens with zero attached hydrogens (tertiary/aromatic N) is 2. The third kappa shape index (κ3) is 4.34. The zero-order valence-corrected chi connectivity index (χ0v) is 19.3. The zero-order valence-electron chi connectivity index (χ0n) is 18.5. The summed E-state index contributed by atoms with van der Waals surface area (Å²) in [6, 6.07) is 7.46. The maximum absolute atomic E-state index is 14.6. The molecule has 2 aliphatic heterocycles. The number of fused-ring (bicyclic) bond motifs is 1. The number of amides is 4. The fourth-order valence-electron chi connectivity index (χ4n) is 4.17. The Labute approximate surface area is 215 Å². The Balaban J connectivity index is 1.52. The van der Waals surface area contributed by atoms with E-state index in [-0.39, 0.29) is 22.7 Å². The fraction of sp³-hybridized carbons (Fsp3) is 0.273. The SMILES string of the molecule is [B]C(NC(=O)C(F)(F)c1ccc(Cl)cc1)c1ccc2c(c1)CN(C1C(=O)N([B])C(=O)C([B])C1[B])C2=O. The summed E-state index contributed by atoms with van der Waals surface area (Å²) < 4.78 is 29.2. The summed E-state index contributed by atoms with van der Waals surface area (Å²) in [5.74, 6) is -11.7. The van der Waals surface area contributed by atoms with Crippen LogP contribution in [0.2, 0.25) is 16.7 Å². The number of benzene rings is 2. The van der Waals surface area contributed by atoms with Gasteiger partial charge in [0.05, 0.1) is 15.7 Å². The molecule has 4 rings (SSSR count). The van der Waals surface area contributed by atoms with Gasteiger partial charge in [-0.1, -0.05) is 35.9 Å². The molecule has 1 fully saturated rings. The minimum Gasteiger partial charge on any atom is -0.352 e. The molecule has 2 aromatic carbocycles. The van der Waals surface area contributed by atoms with Crippen LogP contribution in [0.15, 0.2) is 42.5 Å². The van der Waals surface area contributed by atoms with Crippen LogP contribution >= 0.6 is 11.6 Å². The highest BCUT2D eigenvalue weighted by molar-refractivity contribution is 6.40. The second-order valence-corrected chi connectivity index (χ2v) is 8.91. The van der Waals surface area contributed by atoms with Crippen molar-refractivity contribution in [3.63, 3.8) is 0 Å². The molecule has 1 saturated heterocycles. The number of alkyl halides is 2. The van der Waals surface area contributed by atoms with Crippen LogP contribution in [0.1, 0.15) is 33.0 Å². The number of imide groups is 1. The maximum Gasteiger partial charge on any atom is 0.349 e. The number of hydrogen-bond acceptors (Lipinski definition) is 4. The van der Waals surface area contributed by atoms with Gasteiger partial charge in [-0.25, -0.2) is 0 Å². The molecule has 0 spiro atoms. The summed E-state index contributed by atoms with van der Waals surface area (Å²) in [5, 5.41) is 2.30. The van der Waals surface area contributed by atoms with Gasteiger partial charge in [0.15, 0.2) is 0 Å². The smallest absolute Gasteiger partial charge is 0.349 e. The number of hydrogen-bond donors (Lipinski definition) is 1. The third-order valence-corrected chi connectivity index (χ3v) is 6.48. The first kappa shape index (κ1) is 26.0. The van der Waals surface area contributed by atoms with Crippen LogP contribution < -0.4 is 5.32 Å². The number of carbonyl (C=O) groups excluding carboxylic acids is 4. The van der Waals surface area contributed by atoms with Crippen LogP contribution in [0, 0.1) is 0 Å². The molecule has 0 saturated carbocycles. The molecule has 4 unspecified atom stereocenters. The van der Waals surface area contributed by atoms with E-state index < -0.39 is 58.7 Å². The van der Waals surface area contributed by atoms with Crippen LogP contribution in [0.3, 0.4) is 0 Å². The van der Waals surface area contributed by atoms with E-state index in [1.807, 2.05) is 0 Å². The topological polar surface area (TPSA) is 86.8 Å². The van der Waals surface area contributed by atoms with Crippen LogP contribution in [-0.2, 0) is 26.9 Å². The van der Waals surface area contributed by atoms with Crippen molar-refractivity contribution in [2.24, 2.45) is 0 Å². The van der Waals surface area contributed by atoms with Crippen molar-refractivity contribution >= 4 is 66.7 Å². The third-order valence-electron chi connectivity index (χ3n) is 6.23. The summed E-state index contributed by atoms with van der Waals surface area (Å²) in [6.45, 7) is -0.109. The Morgan fingerprint density at radius 1 is 1.08 bits per heavy atom. The van der Waals surface area contributed by atoms with E-state index in [1.54, 1.807) is 0 Å². The molecule has 0 aliphatic carbocycles. The van der Waals surface area contributed by atoms with E-state index in [2.05, 4.69) is 5.32 Å². The highest BCUT2D eigenvalue weighted by atomic mass is 35.5. The second kappa shape index (κ2) is 9.42. The molecule has 0 aromatic heterocycles. The van der Waals surface area contributed by atoms with E-state index in [1.165, 1.54) is 30.3 Å². The predicted octanol–water partition coefficient (Wildman–Crippen LogP) is 1.11. The van der Waals surface area contributed by atoms with Crippen molar-refractivity contribution in [3.8, 4) is 0 Å². The molecule has 36 heavy (non-hydrogen) atoms. The molecule has 0 bridgehead atoms. The van der Waals surface area contributed by atoms with Crippen molar-refractivity contribution in [2.75, 3.05) is 0 Å². The van der Waals surface area contributed by atoms with E-state index in [0.717, 1.165) is 17.0 Å². The molecule has 1 N–H and O–H groups in total. The second-order valence-electron chi connectivity index (χ2n) is 8.48. The number of nitrogens with one attached hydrogen (secondary N) is 1. The molecule has 4 atom stereocenters. The lowest BCUT2D eigenvalue weighted by atomic mass is 9.59. The lowest BCUT2D eigenvalue weighted by Gasteiger charge is -2.42. The molecule has 2 heterocycles. The highest BCUT2D eigenvalue weighted by Crippen LogP contribution is 2.38. The van der Waals surface area contributed by atoms with Gasteiger partial charge in [-0.2, -0.15) is 8.78 Å². The molecule has 2 aliphatic rings. The molecule has 4 amide bonds. The van der Waals surface area contributed by atoms with E-state index in [9.17, 15) is 28.0 Å². The van der Waals surface area contributed by atoms with E-state index in [4.69, 9.17) is 43.1 Å². The van der Waals surface area contributed by atoms with Gasteiger partial charge in [0.25, 0.3) is 11.8 Å². The van der Waals surface area contributed by atoms with Crippen molar-refractivity contribution in [2.45, 2.75) is 36.1 Å². The van der Waals surface area contributed by atoms with Crippen molar-refractivity contribution in [1.29, 1.82) is 0 Å². The molecule has 7 nitrogen and oxygen atoms in total. The zero-order chi connectivity index (χ0) is 26.5. The lowest BCUT2D eigenvalue weighted by Crippen LogP contribution is -2.58. The van der Waals surface area contributed by atoms with Gasteiger partial charge >= 0.3 is 5.92 Å². The van der Waals surface area contributed by atoms with Crippen LogP contribution in [0.25, 0.3) is 0 Å². The number of halogens is 3. The predicted molar refractivity (Wildman–Crippen MR) is 129 cm³/mol. The average molecular weight is 501 g/mol. The standard InChI is InChI=1S/C22H14B4ClF2N3O4/c23-14-15(24)19(34)32(26)20(35)16(14)31-8-10-7-9(1-6-13(10)18(31)33)17(25)30-21(36)22(28,29)11-2-4-12(27)5-3-11/h1-7,14-17H,8H2,(H,30,36). The summed E-state index contributed by atoms with van der Waals surface area (Å²) in [7, 11) is 23.2. The monoisotopic (exact) mass is 501 g/mol. The van der Waals surface area contributed by atoms with Gasteiger partial charge in [-0.3, -0.25) is 19.2 Å². The van der Waals surface area contributed by atoms with E-state index >= 15 is 0 Å². The number of carbonyl (C=O) groups is 4. The molecule has 2 aromatic rings. The Morgan fingerprint density at radius 3 is 2.36 bits per heavy atom. The minimum absolute atomic E-state index is 0.109. The van der Waals surface area contributed by atoms with Gasteiger partial charge in [0, 0.05) is 28.6 Å². The van der Waals surface area contributed by atoms with Crippen molar-refractivity contribution in [1.82, 2.24) is 15.0 Å². The fourth-order valence-corrected chi connectivity index (χ4v) is 4.29. The first-order chi connectivity index (χ1) is 16.8. The van der Waals surface area contributed by atoms with Crippen molar-refractivity contribution in [3.05, 3.63) is 69.7 Å². The highest BCUT2D eigenvalue weighted by Gasteiger charge is 2.47. The van der Waals surface area contributed by atoms with Gasteiger partial charge in [-0.05, 0) is 41.0 Å².